The highest BCUT2D eigenvalue weighted by Crippen LogP contribution is 2.32. The molecule has 2 N–H and O–H groups in total. The lowest BCUT2D eigenvalue weighted by Gasteiger charge is -2.19. The zero-order valence-electron chi connectivity index (χ0n) is 17.1. The van der Waals surface area contributed by atoms with E-state index < -0.39 is 10.0 Å². The van der Waals surface area contributed by atoms with Gasteiger partial charge in [-0.05, 0) is 32.0 Å². The molecular weight excluding hydrogens is 394 g/mol. The smallest absolute Gasteiger partial charge is 0.243 e. The molecule has 0 unspecified atom stereocenters. The molecule has 0 aliphatic carbocycles. The number of rotatable bonds is 9. The minimum Gasteiger partial charge on any atom is -0.505 e. The summed E-state index contributed by atoms with van der Waals surface area (Å²) < 4.78 is 32.6. The average molecular weight is 422 g/mol. The molecule has 1 aromatic heterocycles. The zero-order chi connectivity index (χ0) is 21.6. The Bertz CT molecular complexity index is 986. The van der Waals surface area contributed by atoms with Crippen LogP contribution in [0.2, 0.25) is 0 Å². The molecule has 0 saturated heterocycles. The van der Waals surface area contributed by atoms with Crippen LogP contribution in [-0.2, 0) is 16.6 Å². The predicted molar refractivity (Wildman–Crippen MR) is 112 cm³/mol. The van der Waals surface area contributed by atoms with Crippen LogP contribution in [-0.4, -0.2) is 53.8 Å². The zero-order valence-corrected chi connectivity index (χ0v) is 17.9. The van der Waals surface area contributed by atoms with Crippen LogP contribution < -0.4 is 4.74 Å². The third kappa shape index (κ3) is 4.92. The maximum atomic E-state index is 12.8. The van der Waals surface area contributed by atoms with Crippen molar-refractivity contribution in [3.8, 4) is 11.5 Å². The van der Waals surface area contributed by atoms with Gasteiger partial charge in [0.25, 0.3) is 0 Å². The van der Waals surface area contributed by atoms with Gasteiger partial charge in [0.2, 0.25) is 10.0 Å². The Morgan fingerprint density at radius 2 is 1.93 bits per heavy atom. The molecule has 0 atom stereocenters. The van der Waals surface area contributed by atoms with Crippen molar-refractivity contribution >= 4 is 21.9 Å². The summed E-state index contributed by atoms with van der Waals surface area (Å²) in [4.78, 5) is 8.48. The Labute approximate surface area is 171 Å². The minimum atomic E-state index is -3.66. The van der Waals surface area contributed by atoms with Gasteiger partial charge >= 0.3 is 0 Å². The van der Waals surface area contributed by atoms with E-state index in [1.54, 1.807) is 26.8 Å². The fourth-order valence-corrected chi connectivity index (χ4v) is 4.28. The maximum Gasteiger partial charge on any atom is 0.243 e. The molecule has 0 fully saturated rings. The topological polar surface area (TPSA) is 112 Å². The summed E-state index contributed by atoms with van der Waals surface area (Å²) in [6.45, 7) is 7.78. The van der Waals surface area contributed by atoms with Crippen molar-refractivity contribution in [2.45, 2.75) is 39.2 Å². The molecule has 0 saturated carbocycles. The van der Waals surface area contributed by atoms with Crippen molar-refractivity contribution in [2.24, 2.45) is 4.99 Å². The standard InChI is InChI=1S/C20H27N3O5S/c1-5-23(6-2)29(26,27)16-8-9-19(28-7-3)18(10-16)22-12-17-15(13-24)11-21-14(4)20(17)25/h8-12,24-25H,5-7,13H2,1-4H3. The first kappa shape index (κ1) is 22.8. The fourth-order valence-electron chi connectivity index (χ4n) is 2.81. The molecule has 8 nitrogen and oxygen atoms in total. The van der Waals surface area contributed by atoms with E-state index in [0.717, 1.165) is 0 Å². The molecule has 9 heteroatoms. The third-order valence-electron chi connectivity index (χ3n) is 4.43. The van der Waals surface area contributed by atoms with Crippen LogP contribution in [0.4, 0.5) is 5.69 Å². The number of aliphatic hydroxyl groups excluding tert-OH is 1. The van der Waals surface area contributed by atoms with Crippen molar-refractivity contribution in [3.05, 3.63) is 41.2 Å². The number of hydrogen-bond acceptors (Lipinski definition) is 7. The molecule has 1 heterocycles. The molecule has 0 aliphatic heterocycles. The number of aliphatic imine (C=N–C) groups is 1. The summed E-state index contributed by atoms with van der Waals surface area (Å²) in [5, 5.41) is 19.8. The molecule has 0 amide bonds. The van der Waals surface area contributed by atoms with Crippen molar-refractivity contribution in [1.82, 2.24) is 9.29 Å². The second-order valence-electron chi connectivity index (χ2n) is 6.20. The number of sulfonamides is 1. The average Bonchev–Trinajstić information content (AvgIpc) is 2.70. The normalized spacial score (nSPS) is 12.1. The highest BCUT2D eigenvalue weighted by molar-refractivity contribution is 7.89. The number of aromatic nitrogens is 1. The van der Waals surface area contributed by atoms with Crippen molar-refractivity contribution in [1.29, 1.82) is 0 Å². The molecule has 0 spiro atoms. The molecule has 0 radical (unpaired) electrons. The number of pyridine rings is 1. The van der Waals surface area contributed by atoms with E-state index >= 15 is 0 Å². The molecular formula is C20H27N3O5S. The molecule has 158 valence electrons. The van der Waals surface area contributed by atoms with Gasteiger partial charge in [0.1, 0.15) is 17.2 Å². The molecule has 2 aromatic rings. The van der Waals surface area contributed by atoms with Crippen molar-refractivity contribution in [3.63, 3.8) is 0 Å². The molecule has 2 rings (SSSR count). The predicted octanol–water partition coefficient (Wildman–Crippen LogP) is 2.77. The van der Waals surface area contributed by atoms with Gasteiger partial charge in [0.05, 0.1) is 23.8 Å². The van der Waals surface area contributed by atoms with E-state index in [1.165, 1.54) is 28.8 Å². The number of hydrogen-bond donors (Lipinski definition) is 2. The molecule has 0 bridgehead atoms. The van der Waals surface area contributed by atoms with Gasteiger partial charge in [-0.3, -0.25) is 9.98 Å². The van der Waals surface area contributed by atoms with Gasteiger partial charge in [-0.2, -0.15) is 4.31 Å². The first-order valence-corrected chi connectivity index (χ1v) is 10.8. The number of aromatic hydroxyl groups is 1. The lowest BCUT2D eigenvalue weighted by molar-refractivity contribution is 0.280. The van der Waals surface area contributed by atoms with Gasteiger partial charge in [-0.25, -0.2) is 8.42 Å². The highest BCUT2D eigenvalue weighted by atomic mass is 32.2. The van der Waals surface area contributed by atoms with Crippen LogP contribution in [0.5, 0.6) is 11.5 Å². The fraction of sp³-hybridized carbons (Fsp3) is 0.400. The monoisotopic (exact) mass is 421 g/mol. The van der Waals surface area contributed by atoms with E-state index in [9.17, 15) is 18.6 Å². The largest absolute Gasteiger partial charge is 0.505 e. The second kappa shape index (κ2) is 9.82. The maximum absolute atomic E-state index is 12.8. The van der Waals surface area contributed by atoms with Gasteiger partial charge in [-0.1, -0.05) is 13.8 Å². The van der Waals surface area contributed by atoms with Crippen LogP contribution in [0.1, 0.15) is 37.6 Å². The molecule has 1 aromatic carbocycles. The van der Waals surface area contributed by atoms with Gasteiger partial charge < -0.3 is 14.9 Å². The van der Waals surface area contributed by atoms with E-state index in [0.29, 0.717) is 48.0 Å². The van der Waals surface area contributed by atoms with E-state index in [4.69, 9.17) is 4.74 Å². The Kier molecular flexibility index (Phi) is 7.72. The van der Waals surface area contributed by atoms with Crippen molar-refractivity contribution in [2.75, 3.05) is 19.7 Å². The summed E-state index contributed by atoms with van der Waals surface area (Å²) in [6, 6.07) is 4.50. The van der Waals surface area contributed by atoms with E-state index in [2.05, 4.69) is 9.98 Å². The molecule has 29 heavy (non-hydrogen) atoms. The Morgan fingerprint density at radius 1 is 1.24 bits per heavy atom. The van der Waals surface area contributed by atoms with Gasteiger partial charge in [-0.15, -0.1) is 0 Å². The number of aliphatic hydroxyl groups is 1. The summed E-state index contributed by atoms with van der Waals surface area (Å²) >= 11 is 0. The van der Waals surface area contributed by atoms with Gasteiger partial charge in [0.15, 0.2) is 0 Å². The minimum absolute atomic E-state index is 0.0924. The van der Waals surface area contributed by atoms with Gasteiger partial charge in [0, 0.05) is 36.6 Å². The lowest BCUT2D eigenvalue weighted by Crippen LogP contribution is -2.30. The number of nitrogens with zero attached hydrogens (tertiary/aromatic N) is 3. The quantitative estimate of drug-likeness (QED) is 0.602. The Balaban J connectivity index is 2.57. The van der Waals surface area contributed by atoms with Crippen LogP contribution in [0.25, 0.3) is 0 Å². The summed E-state index contributed by atoms with van der Waals surface area (Å²) in [5.74, 6) is 0.322. The van der Waals surface area contributed by atoms with Crippen LogP contribution in [0.15, 0.2) is 34.3 Å². The SMILES string of the molecule is CCOc1ccc(S(=O)(=O)N(CC)CC)cc1N=Cc1c(CO)cnc(C)c1O. The Morgan fingerprint density at radius 3 is 2.52 bits per heavy atom. The lowest BCUT2D eigenvalue weighted by atomic mass is 10.1. The summed E-state index contributed by atoms with van der Waals surface area (Å²) in [7, 11) is -3.66. The Hall–Kier alpha value is -2.49. The van der Waals surface area contributed by atoms with Crippen LogP contribution in [0, 0.1) is 6.92 Å². The highest BCUT2D eigenvalue weighted by Gasteiger charge is 2.23. The first-order valence-electron chi connectivity index (χ1n) is 9.39. The number of benzene rings is 1. The summed E-state index contributed by atoms with van der Waals surface area (Å²) in [5.41, 5.74) is 1.42. The number of ether oxygens (including phenoxy) is 1. The first-order chi connectivity index (χ1) is 13.8. The van der Waals surface area contributed by atoms with Crippen LogP contribution >= 0.6 is 0 Å². The van der Waals surface area contributed by atoms with Crippen LogP contribution in [0.3, 0.4) is 0 Å². The number of aryl methyl sites for hydroxylation is 1. The van der Waals surface area contributed by atoms with Crippen molar-refractivity contribution < 1.29 is 23.4 Å². The third-order valence-corrected chi connectivity index (χ3v) is 6.48. The molecule has 0 aliphatic rings. The summed E-state index contributed by atoms with van der Waals surface area (Å²) in [6.07, 6.45) is 2.84. The van der Waals surface area contributed by atoms with E-state index in [1.807, 2.05) is 6.92 Å². The van der Waals surface area contributed by atoms with E-state index in [-0.39, 0.29) is 17.3 Å². The second-order valence-corrected chi connectivity index (χ2v) is 8.14.